The summed E-state index contributed by atoms with van der Waals surface area (Å²) in [6.07, 6.45) is 2.14. The van der Waals surface area contributed by atoms with Gasteiger partial charge in [-0.1, -0.05) is 38.1 Å². The van der Waals surface area contributed by atoms with E-state index in [9.17, 15) is 9.18 Å². The van der Waals surface area contributed by atoms with Crippen molar-refractivity contribution in [3.05, 3.63) is 65.5 Å². The smallest absolute Gasteiger partial charge is 0.321 e. The maximum atomic E-state index is 13.6. The van der Waals surface area contributed by atoms with Crippen LogP contribution >= 0.6 is 0 Å². The van der Waals surface area contributed by atoms with E-state index in [1.165, 1.54) is 6.07 Å². The van der Waals surface area contributed by atoms with Gasteiger partial charge in [-0.2, -0.15) is 0 Å². The zero-order chi connectivity index (χ0) is 22.3. The lowest BCUT2D eigenvalue weighted by atomic mass is 9.84. The molecule has 3 rings (SSSR count). The van der Waals surface area contributed by atoms with Crippen LogP contribution in [0.5, 0.6) is 0 Å². The highest BCUT2D eigenvalue weighted by Gasteiger charge is 2.21. The van der Waals surface area contributed by atoms with Gasteiger partial charge in [-0.3, -0.25) is 4.99 Å². The number of amides is 2. The molecule has 1 aliphatic rings. The van der Waals surface area contributed by atoms with E-state index < -0.39 is 0 Å². The molecule has 31 heavy (non-hydrogen) atoms. The Balaban J connectivity index is 1.53. The van der Waals surface area contributed by atoms with Crippen LogP contribution in [0.1, 0.15) is 37.8 Å². The molecule has 166 valence electrons. The average Bonchev–Trinajstić information content (AvgIpc) is 3.29. The van der Waals surface area contributed by atoms with Crippen molar-refractivity contribution in [3.63, 3.8) is 0 Å². The fourth-order valence-corrected chi connectivity index (χ4v) is 3.60. The molecule has 1 saturated heterocycles. The van der Waals surface area contributed by atoms with Crippen LogP contribution in [0, 0.1) is 5.82 Å². The highest BCUT2D eigenvalue weighted by atomic mass is 19.1. The second-order valence-electron chi connectivity index (χ2n) is 8.50. The van der Waals surface area contributed by atoms with Gasteiger partial charge in [0.15, 0.2) is 5.96 Å². The zero-order valence-electron chi connectivity index (χ0n) is 18.5. The van der Waals surface area contributed by atoms with Crippen LogP contribution in [0.25, 0.3) is 0 Å². The largest absolute Gasteiger partial charge is 0.356 e. The molecule has 0 aromatic heterocycles. The lowest BCUT2D eigenvalue weighted by Crippen LogP contribution is -2.43. The number of anilines is 1. The molecular formula is C24H32FN5O. The summed E-state index contributed by atoms with van der Waals surface area (Å²) in [6, 6.07) is 14.4. The number of halogens is 1. The van der Waals surface area contributed by atoms with Crippen LogP contribution in [-0.4, -0.2) is 43.6 Å². The molecule has 6 nitrogen and oxygen atoms in total. The normalized spacial score (nSPS) is 14.5. The Bertz CT molecular complexity index is 922. The molecule has 3 N–H and O–H groups in total. The molecule has 0 radical (unpaired) electrons. The zero-order valence-corrected chi connectivity index (χ0v) is 18.5. The van der Waals surface area contributed by atoms with Crippen molar-refractivity contribution >= 4 is 17.7 Å². The first-order chi connectivity index (χ1) is 14.9. The third-order valence-corrected chi connectivity index (χ3v) is 5.56. The van der Waals surface area contributed by atoms with Crippen LogP contribution < -0.4 is 16.0 Å². The van der Waals surface area contributed by atoms with Crippen LogP contribution in [0.2, 0.25) is 0 Å². The summed E-state index contributed by atoms with van der Waals surface area (Å²) in [5, 5.41) is 9.60. The van der Waals surface area contributed by atoms with Gasteiger partial charge in [0.05, 0.1) is 0 Å². The first-order valence-electron chi connectivity index (χ1n) is 10.7. The summed E-state index contributed by atoms with van der Waals surface area (Å²) < 4.78 is 13.6. The molecule has 0 atom stereocenters. The number of guanidine groups is 1. The third kappa shape index (κ3) is 6.44. The van der Waals surface area contributed by atoms with Gasteiger partial charge in [0.2, 0.25) is 0 Å². The van der Waals surface area contributed by atoms with Crippen LogP contribution in [-0.2, 0) is 12.0 Å². The summed E-state index contributed by atoms with van der Waals surface area (Å²) >= 11 is 0. The standard InChI is InChI=1S/C24H32FN5O/c1-24(2,19-9-7-10-20(25)15-19)17-28-22(26-3)27-16-18-8-6-11-21(14-18)29-23(31)30-12-4-5-13-30/h6-11,14-15H,4-5,12-13,16-17H2,1-3H3,(H,29,31)(H2,26,27,28). The maximum absolute atomic E-state index is 13.6. The predicted octanol–water partition coefficient (Wildman–Crippen LogP) is 4.10. The number of rotatable bonds is 6. The Morgan fingerprint density at radius 2 is 1.84 bits per heavy atom. The molecule has 2 aromatic rings. The van der Waals surface area contributed by atoms with Gasteiger partial charge in [0.1, 0.15) is 5.82 Å². The van der Waals surface area contributed by atoms with Crippen molar-refractivity contribution in [1.29, 1.82) is 0 Å². The summed E-state index contributed by atoms with van der Waals surface area (Å²) in [5.74, 6) is 0.431. The number of carbonyl (C=O) groups excluding carboxylic acids is 1. The number of carbonyl (C=O) groups is 1. The predicted molar refractivity (Wildman–Crippen MR) is 124 cm³/mol. The maximum Gasteiger partial charge on any atom is 0.321 e. The van der Waals surface area contributed by atoms with E-state index in [0.717, 1.165) is 42.7 Å². The average molecular weight is 426 g/mol. The summed E-state index contributed by atoms with van der Waals surface area (Å²) in [4.78, 5) is 18.4. The summed E-state index contributed by atoms with van der Waals surface area (Å²) in [5.41, 5.74) is 2.48. The Morgan fingerprint density at radius 3 is 2.55 bits per heavy atom. The van der Waals surface area contributed by atoms with Crippen molar-refractivity contribution in [3.8, 4) is 0 Å². The Kier molecular flexibility index (Phi) is 7.50. The first kappa shape index (κ1) is 22.6. The van der Waals surface area contributed by atoms with Crippen LogP contribution in [0.3, 0.4) is 0 Å². The third-order valence-electron chi connectivity index (χ3n) is 5.56. The molecule has 0 spiro atoms. The fourth-order valence-electron chi connectivity index (χ4n) is 3.60. The van der Waals surface area contributed by atoms with Crippen molar-refractivity contribution in [1.82, 2.24) is 15.5 Å². The van der Waals surface area contributed by atoms with E-state index in [4.69, 9.17) is 0 Å². The molecule has 2 aromatic carbocycles. The van der Waals surface area contributed by atoms with Crippen molar-refractivity contribution in [2.45, 2.75) is 38.6 Å². The van der Waals surface area contributed by atoms with E-state index in [-0.39, 0.29) is 17.3 Å². The topological polar surface area (TPSA) is 68.8 Å². The SMILES string of the molecule is CN=C(NCc1cccc(NC(=O)N2CCCC2)c1)NCC(C)(C)c1cccc(F)c1. The lowest BCUT2D eigenvalue weighted by Gasteiger charge is -2.27. The molecule has 0 unspecified atom stereocenters. The van der Waals surface area contributed by atoms with Crippen molar-refractivity contribution in [2.75, 3.05) is 32.0 Å². The van der Waals surface area contributed by atoms with Gasteiger partial charge in [0.25, 0.3) is 0 Å². The van der Waals surface area contributed by atoms with E-state index in [1.807, 2.05) is 35.2 Å². The monoisotopic (exact) mass is 425 g/mol. The van der Waals surface area contributed by atoms with E-state index in [0.29, 0.717) is 19.0 Å². The Hall–Kier alpha value is -3.09. The van der Waals surface area contributed by atoms with Crippen molar-refractivity contribution in [2.24, 2.45) is 4.99 Å². The van der Waals surface area contributed by atoms with Gasteiger partial charge in [-0.25, -0.2) is 9.18 Å². The minimum absolute atomic E-state index is 0.0420. The summed E-state index contributed by atoms with van der Waals surface area (Å²) in [7, 11) is 1.72. The van der Waals surface area contributed by atoms with E-state index >= 15 is 0 Å². The van der Waals surface area contributed by atoms with E-state index in [1.54, 1.807) is 19.2 Å². The second-order valence-corrected chi connectivity index (χ2v) is 8.50. The molecule has 1 aliphatic heterocycles. The highest BCUT2D eigenvalue weighted by Crippen LogP contribution is 2.22. The van der Waals surface area contributed by atoms with Gasteiger partial charge in [0, 0.05) is 44.3 Å². The molecule has 0 saturated carbocycles. The molecular weight excluding hydrogens is 393 g/mol. The fraction of sp³-hybridized carbons (Fsp3) is 0.417. The molecule has 7 heteroatoms. The van der Waals surface area contributed by atoms with Gasteiger partial charge >= 0.3 is 6.03 Å². The van der Waals surface area contributed by atoms with Gasteiger partial charge in [-0.05, 0) is 48.2 Å². The Labute approximate surface area is 183 Å². The van der Waals surface area contributed by atoms with Crippen LogP contribution in [0.4, 0.5) is 14.9 Å². The number of aliphatic imine (C=N–C) groups is 1. The number of hydrogen-bond donors (Lipinski definition) is 3. The molecule has 1 heterocycles. The minimum Gasteiger partial charge on any atom is -0.356 e. The van der Waals surface area contributed by atoms with Gasteiger partial charge < -0.3 is 20.9 Å². The lowest BCUT2D eigenvalue weighted by molar-refractivity contribution is 0.222. The molecule has 0 bridgehead atoms. The number of nitrogens with one attached hydrogen (secondary N) is 3. The summed E-state index contributed by atoms with van der Waals surface area (Å²) in [6.45, 7) is 6.93. The quantitative estimate of drug-likeness (QED) is 0.482. The van der Waals surface area contributed by atoms with Crippen LogP contribution in [0.15, 0.2) is 53.5 Å². The molecule has 0 aliphatic carbocycles. The molecule has 2 amide bonds. The van der Waals surface area contributed by atoms with Gasteiger partial charge in [-0.15, -0.1) is 0 Å². The first-order valence-corrected chi connectivity index (χ1v) is 10.7. The number of benzene rings is 2. The Morgan fingerprint density at radius 1 is 1.10 bits per heavy atom. The van der Waals surface area contributed by atoms with E-state index in [2.05, 4.69) is 34.8 Å². The number of nitrogens with zero attached hydrogens (tertiary/aromatic N) is 2. The minimum atomic E-state index is -0.264. The number of hydrogen-bond acceptors (Lipinski definition) is 2. The number of urea groups is 1. The number of likely N-dealkylation sites (tertiary alicyclic amines) is 1. The second kappa shape index (κ2) is 10.3. The van der Waals surface area contributed by atoms with Crippen molar-refractivity contribution < 1.29 is 9.18 Å². The highest BCUT2D eigenvalue weighted by molar-refractivity contribution is 5.89. The molecule has 1 fully saturated rings.